The standard InChI is InChI=1S/C10H15N3O2/c1-5(11)10-12-9(13-15-10)7-4-6-2-3-8(7)14-6/h5-8H,2-4,11H2,1H3/t5-,6?,7?,8?/m0/s1. The molecule has 0 amide bonds. The number of rotatable bonds is 2. The van der Waals surface area contributed by atoms with Gasteiger partial charge < -0.3 is 15.0 Å². The molecule has 0 saturated carbocycles. The molecule has 2 aliphatic heterocycles. The quantitative estimate of drug-likeness (QED) is 0.790. The average Bonchev–Trinajstić information content (AvgIpc) is 2.93. The zero-order chi connectivity index (χ0) is 10.4. The molecule has 2 saturated heterocycles. The van der Waals surface area contributed by atoms with E-state index in [1.54, 1.807) is 0 Å². The van der Waals surface area contributed by atoms with Crippen molar-refractivity contribution in [3.05, 3.63) is 11.7 Å². The van der Waals surface area contributed by atoms with Crippen molar-refractivity contribution in [2.75, 3.05) is 0 Å². The van der Waals surface area contributed by atoms with Crippen LogP contribution < -0.4 is 5.73 Å². The second-order valence-corrected chi connectivity index (χ2v) is 4.50. The lowest BCUT2D eigenvalue weighted by atomic mass is 9.89. The molecule has 5 nitrogen and oxygen atoms in total. The molecule has 2 aliphatic rings. The summed E-state index contributed by atoms with van der Waals surface area (Å²) in [4.78, 5) is 4.33. The number of nitrogens with two attached hydrogens (primary N) is 1. The zero-order valence-electron chi connectivity index (χ0n) is 8.72. The molecular weight excluding hydrogens is 194 g/mol. The fourth-order valence-electron chi connectivity index (χ4n) is 2.49. The third kappa shape index (κ3) is 1.46. The third-order valence-corrected chi connectivity index (χ3v) is 3.28. The van der Waals surface area contributed by atoms with Crippen molar-refractivity contribution in [2.45, 2.75) is 50.4 Å². The van der Waals surface area contributed by atoms with Crippen LogP contribution in [0.4, 0.5) is 0 Å². The van der Waals surface area contributed by atoms with Gasteiger partial charge in [0.05, 0.1) is 24.2 Å². The molecule has 15 heavy (non-hydrogen) atoms. The normalized spacial score (nSPS) is 36.0. The summed E-state index contributed by atoms with van der Waals surface area (Å²) < 4.78 is 10.9. The molecule has 0 aromatic carbocycles. The van der Waals surface area contributed by atoms with E-state index in [0.29, 0.717) is 24.0 Å². The van der Waals surface area contributed by atoms with Crippen molar-refractivity contribution in [1.29, 1.82) is 0 Å². The summed E-state index contributed by atoms with van der Waals surface area (Å²) in [6, 6.07) is -0.189. The van der Waals surface area contributed by atoms with Crippen molar-refractivity contribution in [3.63, 3.8) is 0 Å². The highest BCUT2D eigenvalue weighted by atomic mass is 16.5. The molecule has 3 unspecified atom stereocenters. The van der Waals surface area contributed by atoms with Gasteiger partial charge in [-0.05, 0) is 26.2 Å². The maximum absolute atomic E-state index is 5.76. The Labute approximate surface area is 88.0 Å². The predicted molar refractivity (Wildman–Crippen MR) is 52.2 cm³/mol. The highest BCUT2D eigenvalue weighted by Crippen LogP contribution is 2.43. The monoisotopic (exact) mass is 209 g/mol. The van der Waals surface area contributed by atoms with Gasteiger partial charge in [0.2, 0.25) is 5.89 Å². The van der Waals surface area contributed by atoms with Crippen LogP contribution in [-0.2, 0) is 4.74 Å². The fraction of sp³-hybridized carbons (Fsp3) is 0.800. The molecule has 0 spiro atoms. The van der Waals surface area contributed by atoms with Gasteiger partial charge in [-0.1, -0.05) is 5.16 Å². The van der Waals surface area contributed by atoms with Crippen LogP contribution in [0.25, 0.3) is 0 Å². The van der Waals surface area contributed by atoms with Crippen LogP contribution in [-0.4, -0.2) is 22.3 Å². The molecule has 2 N–H and O–H groups in total. The molecule has 5 heteroatoms. The van der Waals surface area contributed by atoms with E-state index in [1.807, 2.05) is 6.92 Å². The summed E-state index contributed by atoms with van der Waals surface area (Å²) in [6.07, 6.45) is 4.05. The highest BCUT2D eigenvalue weighted by molar-refractivity contribution is 5.07. The van der Waals surface area contributed by atoms with Crippen LogP contribution in [0.5, 0.6) is 0 Å². The average molecular weight is 209 g/mol. The predicted octanol–water partition coefficient (Wildman–Crippen LogP) is 1.12. The van der Waals surface area contributed by atoms with Crippen molar-refractivity contribution in [2.24, 2.45) is 5.73 Å². The van der Waals surface area contributed by atoms with Gasteiger partial charge in [0.15, 0.2) is 5.82 Å². The molecule has 82 valence electrons. The Balaban J connectivity index is 1.81. The minimum atomic E-state index is -0.189. The molecule has 2 bridgehead atoms. The van der Waals surface area contributed by atoms with E-state index < -0.39 is 0 Å². The Kier molecular flexibility index (Phi) is 2.03. The van der Waals surface area contributed by atoms with Crippen LogP contribution in [0.15, 0.2) is 4.52 Å². The van der Waals surface area contributed by atoms with Gasteiger partial charge in [0.1, 0.15) is 0 Å². The van der Waals surface area contributed by atoms with E-state index in [1.165, 1.54) is 6.42 Å². The molecular formula is C10H15N3O2. The highest BCUT2D eigenvalue weighted by Gasteiger charge is 2.43. The molecule has 2 fully saturated rings. The zero-order valence-corrected chi connectivity index (χ0v) is 8.72. The Morgan fingerprint density at radius 2 is 2.33 bits per heavy atom. The molecule has 0 aliphatic carbocycles. The minimum Gasteiger partial charge on any atom is -0.374 e. The lowest BCUT2D eigenvalue weighted by Crippen LogP contribution is -2.16. The van der Waals surface area contributed by atoms with Gasteiger partial charge >= 0.3 is 0 Å². The second-order valence-electron chi connectivity index (χ2n) is 4.50. The minimum absolute atomic E-state index is 0.189. The summed E-state index contributed by atoms with van der Waals surface area (Å²) in [7, 11) is 0. The SMILES string of the molecule is C[C@H](N)c1nc(C2CC3CCC2O3)no1. The number of fused-ring (bicyclic) bond motifs is 2. The molecule has 3 heterocycles. The number of nitrogens with zero attached hydrogens (tertiary/aromatic N) is 2. The van der Waals surface area contributed by atoms with Crippen LogP contribution in [0, 0.1) is 0 Å². The number of aromatic nitrogens is 2. The molecule has 1 aromatic heterocycles. The van der Waals surface area contributed by atoms with E-state index in [-0.39, 0.29) is 6.04 Å². The van der Waals surface area contributed by atoms with Crippen molar-refractivity contribution >= 4 is 0 Å². The number of hydrogen-bond acceptors (Lipinski definition) is 5. The summed E-state index contributed by atoms with van der Waals surface area (Å²) in [5.41, 5.74) is 5.67. The van der Waals surface area contributed by atoms with Crippen LogP contribution in [0.3, 0.4) is 0 Å². The summed E-state index contributed by atoms with van der Waals surface area (Å²) in [5.74, 6) is 1.61. The van der Waals surface area contributed by atoms with E-state index >= 15 is 0 Å². The van der Waals surface area contributed by atoms with Crippen molar-refractivity contribution in [3.8, 4) is 0 Å². The summed E-state index contributed by atoms with van der Waals surface area (Å²) in [5, 5.41) is 3.99. The molecule has 3 rings (SSSR count). The van der Waals surface area contributed by atoms with E-state index in [2.05, 4.69) is 10.1 Å². The molecule has 0 radical (unpaired) electrons. The van der Waals surface area contributed by atoms with Gasteiger partial charge in [-0.3, -0.25) is 0 Å². The topological polar surface area (TPSA) is 74.2 Å². The van der Waals surface area contributed by atoms with Gasteiger partial charge in [0.25, 0.3) is 0 Å². The van der Waals surface area contributed by atoms with Crippen LogP contribution in [0.2, 0.25) is 0 Å². The first-order valence-electron chi connectivity index (χ1n) is 5.48. The Morgan fingerprint density at radius 1 is 1.47 bits per heavy atom. The van der Waals surface area contributed by atoms with Gasteiger partial charge in [0, 0.05) is 0 Å². The van der Waals surface area contributed by atoms with Crippen LogP contribution >= 0.6 is 0 Å². The summed E-state index contributed by atoms with van der Waals surface area (Å²) in [6.45, 7) is 1.84. The first kappa shape index (κ1) is 9.30. The third-order valence-electron chi connectivity index (χ3n) is 3.28. The Morgan fingerprint density at radius 3 is 2.87 bits per heavy atom. The largest absolute Gasteiger partial charge is 0.374 e. The van der Waals surface area contributed by atoms with E-state index in [9.17, 15) is 0 Å². The van der Waals surface area contributed by atoms with Gasteiger partial charge in [-0.15, -0.1) is 0 Å². The maximum atomic E-state index is 5.76. The smallest absolute Gasteiger partial charge is 0.243 e. The van der Waals surface area contributed by atoms with Gasteiger partial charge in [-0.25, -0.2) is 0 Å². The van der Waals surface area contributed by atoms with E-state index in [4.69, 9.17) is 15.0 Å². The number of ether oxygens (including phenoxy) is 1. The first-order valence-corrected chi connectivity index (χ1v) is 5.48. The fourth-order valence-corrected chi connectivity index (χ4v) is 2.49. The Hall–Kier alpha value is -0.940. The summed E-state index contributed by atoms with van der Waals surface area (Å²) >= 11 is 0. The Bertz CT molecular complexity index is 363. The maximum Gasteiger partial charge on any atom is 0.243 e. The first-order chi connectivity index (χ1) is 7.24. The molecule has 4 atom stereocenters. The van der Waals surface area contributed by atoms with E-state index in [0.717, 1.165) is 18.7 Å². The van der Waals surface area contributed by atoms with Gasteiger partial charge in [-0.2, -0.15) is 4.98 Å². The van der Waals surface area contributed by atoms with Crippen LogP contribution in [0.1, 0.15) is 49.9 Å². The van der Waals surface area contributed by atoms with Crippen molar-refractivity contribution in [1.82, 2.24) is 10.1 Å². The second kappa shape index (κ2) is 3.28. The number of hydrogen-bond donors (Lipinski definition) is 1. The van der Waals surface area contributed by atoms with Crippen molar-refractivity contribution < 1.29 is 9.26 Å². The lowest BCUT2D eigenvalue weighted by molar-refractivity contribution is 0.0996. The lowest BCUT2D eigenvalue weighted by Gasteiger charge is -2.13. The molecule has 1 aromatic rings.